The second-order valence-electron chi connectivity index (χ2n) is 6.92. The van der Waals surface area contributed by atoms with Crippen LogP contribution >= 0.6 is 11.3 Å². The van der Waals surface area contributed by atoms with Gasteiger partial charge in [-0.3, -0.25) is 4.79 Å². The van der Waals surface area contributed by atoms with Gasteiger partial charge in [-0.1, -0.05) is 30.6 Å². The predicted molar refractivity (Wildman–Crippen MR) is 105 cm³/mol. The van der Waals surface area contributed by atoms with E-state index in [4.69, 9.17) is 9.47 Å². The highest BCUT2D eigenvalue weighted by atomic mass is 32.1. The van der Waals surface area contributed by atoms with Crippen molar-refractivity contribution in [2.75, 3.05) is 20.8 Å². The first-order valence-corrected chi connectivity index (χ1v) is 10.2. The normalized spacial score (nSPS) is 16.0. The van der Waals surface area contributed by atoms with Crippen molar-refractivity contribution in [3.63, 3.8) is 0 Å². The van der Waals surface area contributed by atoms with Crippen molar-refractivity contribution in [3.8, 4) is 0 Å². The third kappa shape index (κ3) is 4.84. The Bertz CT molecular complexity index is 878. The topological polar surface area (TPSA) is 69.9 Å². The van der Waals surface area contributed by atoms with Crippen LogP contribution in [0.1, 0.15) is 48.9 Å². The SMILES string of the molecule is COCCn1c(=NC(=O)CC2CCCCC2)sc2cc(C(=O)OC)ccc21. The van der Waals surface area contributed by atoms with Crippen molar-refractivity contribution < 1.29 is 19.1 Å². The molecule has 27 heavy (non-hydrogen) atoms. The van der Waals surface area contributed by atoms with Crippen LogP contribution in [-0.2, 0) is 20.8 Å². The quantitative estimate of drug-likeness (QED) is 0.708. The Morgan fingerprint density at radius 3 is 2.70 bits per heavy atom. The van der Waals surface area contributed by atoms with Gasteiger partial charge in [-0.2, -0.15) is 4.99 Å². The van der Waals surface area contributed by atoms with E-state index in [9.17, 15) is 9.59 Å². The molecule has 1 saturated carbocycles. The highest BCUT2D eigenvalue weighted by molar-refractivity contribution is 7.16. The molecule has 6 nitrogen and oxygen atoms in total. The van der Waals surface area contributed by atoms with E-state index in [1.165, 1.54) is 37.7 Å². The molecule has 1 aliphatic carbocycles. The number of amides is 1. The number of aromatic nitrogens is 1. The minimum Gasteiger partial charge on any atom is -0.465 e. The smallest absolute Gasteiger partial charge is 0.337 e. The van der Waals surface area contributed by atoms with Gasteiger partial charge in [0.25, 0.3) is 0 Å². The van der Waals surface area contributed by atoms with E-state index in [1.54, 1.807) is 19.2 Å². The van der Waals surface area contributed by atoms with Crippen LogP contribution in [0.3, 0.4) is 0 Å². The van der Waals surface area contributed by atoms with Crippen LogP contribution in [0, 0.1) is 5.92 Å². The van der Waals surface area contributed by atoms with E-state index in [2.05, 4.69) is 4.99 Å². The highest BCUT2D eigenvalue weighted by Crippen LogP contribution is 2.26. The number of carbonyl (C=O) groups is 2. The summed E-state index contributed by atoms with van der Waals surface area (Å²) in [5, 5.41) is 0. The van der Waals surface area contributed by atoms with Gasteiger partial charge in [-0.05, 0) is 37.0 Å². The molecular formula is C20H26N2O4S. The van der Waals surface area contributed by atoms with Gasteiger partial charge in [0, 0.05) is 20.1 Å². The first-order valence-electron chi connectivity index (χ1n) is 9.40. The molecule has 0 unspecified atom stereocenters. The first-order chi connectivity index (χ1) is 13.1. The molecule has 0 saturated heterocycles. The number of methoxy groups -OCH3 is 2. The number of benzene rings is 1. The maximum absolute atomic E-state index is 12.5. The van der Waals surface area contributed by atoms with E-state index in [0.29, 0.717) is 35.9 Å². The molecule has 0 radical (unpaired) electrons. The second-order valence-corrected chi connectivity index (χ2v) is 7.93. The van der Waals surface area contributed by atoms with Gasteiger partial charge < -0.3 is 14.0 Å². The van der Waals surface area contributed by atoms with Crippen LogP contribution in [0.2, 0.25) is 0 Å². The number of carbonyl (C=O) groups excluding carboxylic acids is 2. The van der Waals surface area contributed by atoms with Crippen LogP contribution in [-0.4, -0.2) is 37.3 Å². The zero-order valence-corrected chi connectivity index (χ0v) is 16.7. The summed E-state index contributed by atoms with van der Waals surface area (Å²) < 4.78 is 12.9. The average Bonchev–Trinajstić information content (AvgIpc) is 3.02. The number of ether oxygens (including phenoxy) is 2. The number of hydrogen-bond acceptors (Lipinski definition) is 5. The van der Waals surface area contributed by atoms with E-state index >= 15 is 0 Å². The minimum absolute atomic E-state index is 0.0622. The van der Waals surface area contributed by atoms with Crippen molar-refractivity contribution in [2.24, 2.45) is 10.9 Å². The van der Waals surface area contributed by atoms with Crippen LogP contribution in [0.4, 0.5) is 0 Å². The van der Waals surface area contributed by atoms with Gasteiger partial charge in [0.05, 0.1) is 29.5 Å². The van der Waals surface area contributed by atoms with Crippen LogP contribution in [0.15, 0.2) is 23.2 Å². The van der Waals surface area contributed by atoms with Crippen molar-refractivity contribution in [2.45, 2.75) is 45.1 Å². The Hall–Kier alpha value is -1.99. The van der Waals surface area contributed by atoms with Crippen LogP contribution < -0.4 is 4.80 Å². The molecular weight excluding hydrogens is 364 g/mol. The molecule has 3 rings (SSSR count). The summed E-state index contributed by atoms with van der Waals surface area (Å²) in [6.45, 7) is 1.12. The molecule has 1 amide bonds. The lowest BCUT2D eigenvalue weighted by molar-refractivity contribution is -0.119. The van der Waals surface area contributed by atoms with Gasteiger partial charge in [-0.15, -0.1) is 0 Å². The molecule has 1 aromatic heterocycles. The Kier molecular flexibility index (Phi) is 6.79. The molecule has 0 spiro atoms. The van der Waals surface area contributed by atoms with E-state index < -0.39 is 0 Å². The van der Waals surface area contributed by atoms with Crippen molar-refractivity contribution >= 4 is 33.4 Å². The largest absolute Gasteiger partial charge is 0.465 e. The lowest BCUT2D eigenvalue weighted by Gasteiger charge is -2.19. The molecule has 1 aromatic carbocycles. The zero-order chi connectivity index (χ0) is 19.2. The number of esters is 1. The molecule has 1 aliphatic rings. The summed E-state index contributed by atoms with van der Waals surface area (Å²) in [6, 6.07) is 5.40. The van der Waals surface area contributed by atoms with Crippen molar-refractivity contribution in [1.82, 2.24) is 4.57 Å². The van der Waals surface area contributed by atoms with Crippen molar-refractivity contribution in [1.29, 1.82) is 0 Å². The van der Waals surface area contributed by atoms with Gasteiger partial charge in [-0.25, -0.2) is 4.79 Å². The van der Waals surface area contributed by atoms with E-state index in [1.807, 2.05) is 10.6 Å². The average molecular weight is 391 g/mol. The summed E-state index contributed by atoms with van der Waals surface area (Å²) in [5.74, 6) is 0.0242. The molecule has 7 heteroatoms. The lowest BCUT2D eigenvalue weighted by atomic mass is 9.87. The lowest BCUT2D eigenvalue weighted by Crippen LogP contribution is -2.20. The molecule has 0 bridgehead atoms. The number of rotatable bonds is 6. The molecule has 146 valence electrons. The molecule has 0 N–H and O–H groups in total. The maximum Gasteiger partial charge on any atom is 0.337 e. The Morgan fingerprint density at radius 1 is 1.22 bits per heavy atom. The second kappa shape index (κ2) is 9.28. The zero-order valence-electron chi connectivity index (χ0n) is 15.9. The van der Waals surface area contributed by atoms with Gasteiger partial charge in [0.1, 0.15) is 0 Å². The summed E-state index contributed by atoms with van der Waals surface area (Å²) in [6.07, 6.45) is 6.47. The fourth-order valence-electron chi connectivity index (χ4n) is 3.59. The monoisotopic (exact) mass is 390 g/mol. The van der Waals surface area contributed by atoms with E-state index in [0.717, 1.165) is 23.1 Å². The van der Waals surface area contributed by atoms with E-state index in [-0.39, 0.29) is 11.9 Å². The Labute approximate surface area is 162 Å². The summed E-state index contributed by atoms with van der Waals surface area (Å²) in [7, 11) is 3.01. The van der Waals surface area contributed by atoms with Crippen LogP contribution in [0.25, 0.3) is 10.2 Å². The van der Waals surface area contributed by atoms with Gasteiger partial charge >= 0.3 is 5.97 Å². The number of fused-ring (bicyclic) bond motifs is 1. The summed E-state index contributed by atoms with van der Waals surface area (Å²) >= 11 is 1.42. The maximum atomic E-state index is 12.5. The Balaban J connectivity index is 1.93. The summed E-state index contributed by atoms with van der Waals surface area (Å²) in [4.78, 5) is 29.4. The fraction of sp³-hybridized carbons (Fsp3) is 0.550. The standard InChI is InChI=1S/C20H26N2O4S/c1-25-11-10-22-16-9-8-15(19(24)26-2)13-17(16)27-20(22)21-18(23)12-14-6-4-3-5-7-14/h8-9,13-14H,3-7,10-12H2,1-2H3. The minimum atomic E-state index is -0.374. The number of thiazole rings is 1. The molecule has 0 aliphatic heterocycles. The van der Waals surface area contributed by atoms with Crippen molar-refractivity contribution in [3.05, 3.63) is 28.6 Å². The fourth-order valence-corrected chi connectivity index (χ4v) is 4.71. The third-order valence-corrected chi connectivity index (χ3v) is 6.07. The molecule has 2 aromatic rings. The van der Waals surface area contributed by atoms with Gasteiger partial charge in [0.15, 0.2) is 4.80 Å². The molecule has 1 fully saturated rings. The number of nitrogens with zero attached hydrogens (tertiary/aromatic N) is 2. The third-order valence-electron chi connectivity index (χ3n) is 5.03. The Morgan fingerprint density at radius 2 is 2.00 bits per heavy atom. The molecule has 0 atom stereocenters. The predicted octanol–water partition coefficient (Wildman–Crippen LogP) is 3.53. The number of hydrogen-bond donors (Lipinski definition) is 0. The van der Waals surface area contributed by atoms with Crippen LogP contribution in [0.5, 0.6) is 0 Å². The highest BCUT2D eigenvalue weighted by Gasteiger charge is 2.17. The first kappa shape index (κ1) is 19.8. The van der Waals surface area contributed by atoms with Gasteiger partial charge in [0.2, 0.25) is 5.91 Å². The molecule has 1 heterocycles. The summed E-state index contributed by atoms with van der Waals surface area (Å²) in [5.41, 5.74) is 1.43.